The van der Waals surface area contributed by atoms with Crippen molar-refractivity contribution in [2.24, 2.45) is 13.0 Å². The molecule has 0 aromatic carbocycles. The maximum atomic E-state index is 11.8. The Labute approximate surface area is 89.7 Å². The van der Waals surface area contributed by atoms with Gasteiger partial charge in [0.15, 0.2) is 0 Å². The van der Waals surface area contributed by atoms with E-state index in [-0.39, 0.29) is 5.92 Å². The van der Waals surface area contributed by atoms with Crippen LogP contribution < -0.4 is 0 Å². The van der Waals surface area contributed by atoms with Gasteiger partial charge in [-0.15, -0.1) is 5.10 Å². The molecule has 82 valence electrons. The molecular weight excluding hydrogens is 190 g/mol. The van der Waals surface area contributed by atoms with E-state index >= 15 is 0 Å². The second-order valence-corrected chi connectivity index (χ2v) is 4.35. The van der Waals surface area contributed by atoms with Crippen LogP contribution in [0.25, 0.3) is 0 Å². The number of hydrogen-bond acceptors (Lipinski definition) is 3. The molecule has 0 amide bonds. The van der Waals surface area contributed by atoms with E-state index in [1.807, 2.05) is 13.2 Å². The standard InChI is InChI=1S/C11H17N3O/c1-14-8-10(12-13-14)7-9-5-3-2-4-6-11(9)15/h8-9H,2-7H2,1H3. The van der Waals surface area contributed by atoms with Crippen molar-refractivity contribution in [3.05, 3.63) is 11.9 Å². The highest BCUT2D eigenvalue weighted by Crippen LogP contribution is 2.22. The van der Waals surface area contributed by atoms with Crippen LogP contribution in [0.4, 0.5) is 0 Å². The van der Waals surface area contributed by atoms with Gasteiger partial charge in [0.1, 0.15) is 5.78 Å². The summed E-state index contributed by atoms with van der Waals surface area (Å²) in [6.45, 7) is 0. The summed E-state index contributed by atoms with van der Waals surface area (Å²) in [6, 6.07) is 0. The summed E-state index contributed by atoms with van der Waals surface area (Å²) >= 11 is 0. The lowest BCUT2D eigenvalue weighted by Crippen LogP contribution is -2.15. The molecule has 0 spiro atoms. The van der Waals surface area contributed by atoms with Gasteiger partial charge in [0.2, 0.25) is 0 Å². The Morgan fingerprint density at radius 1 is 1.47 bits per heavy atom. The predicted octanol–water partition coefficient (Wildman–Crippen LogP) is 1.51. The van der Waals surface area contributed by atoms with E-state index in [0.717, 1.165) is 31.4 Å². The van der Waals surface area contributed by atoms with Crippen LogP contribution in [0.1, 0.15) is 37.8 Å². The summed E-state index contributed by atoms with van der Waals surface area (Å²) < 4.78 is 1.69. The first kappa shape index (κ1) is 10.3. The average molecular weight is 207 g/mol. The molecule has 1 saturated carbocycles. The zero-order valence-corrected chi connectivity index (χ0v) is 9.15. The van der Waals surface area contributed by atoms with Gasteiger partial charge in [-0.05, 0) is 12.8 Å². The number of Topliss-reactive ketones (excluding diaryl/α,β-unsaturated/α-hetero) is 1. The normalized spacial score (nSPS) is 22.7. The van der Waals surface area contributed by atoms with Crippen molar-refractivity contribution >= 4 is 5.78 Å². The Bertz CT molecular complexity index is 345. The molecule has 0 aliphatic heterocycles. The largest absolute Gasteiger partial charge is 0.299 e. The van der Waals surface area contributed by atoms with Gasteiger partial charge in [-0.3, -0.25) is 9.48 Å². The fraction of sp³-hybridized carbons (Fsp3) is 0.727. The van der Waals surface area contributed by atoms with Gasteiger partial charge in [0.05, 0.1) is 5.69 Å². The number of hydrogen-bond donors (Lipinski definition) is 0. The lowest BCUT2D eigenvalue weighted by atomic mass is 9.94. The second kappa shape index (κ2) is 4.55. The summed E-state index contributed by atoms with van der Waals surface area (Å²) in [5, 5.41) is 7.92. The molecule has 1 aromatic rings. The smallest absolute Gasteiger partial charge is 0.136 e. The molecule has 15 heavy (non-hydrogen) atoms. The summed E-state index contributed by atoms with van der Waals surface area (Å²) in [7, 11) is 1.85. The van der Waals surface area contributed by atoms with E-state index in [0.29, 0.717) is 5.78 Å². The van der Waals surface area contributed by atoms with Gasteiger partial charge < -0.3 is 0 Å². The van der Waals surface area contributed by atoms with Gasteiger partial charge in [0, 0.05) is 32.0 Å². The zero-order valence-electron chi connectivity index (χ0n) is 9.15. The van der Waals surface area contributed by atoms with Gasteiger partial charge in [-0.2, -0.15) is 0 Å². The molecule has 0 radical (unpaired) electrons. The Hall–Kier alpha value is -1.19. The fourth-order valence-corrected chi connectivity index (χ4v) is 2.19. The van der Waals surface area contributed by atoms with Crippen LogP contribution in [0.2, 0.25) is 0 Å². The van der Waals surface area contributed by atoms with Gasteiger partial charge in [-0.25, -0.2) is 0 Å². The van der Waals surface area contributed by atoms with Crippen molar-refractivity contribution < 1.29 is 4.79 Å². The predicted molar refractivity (Wildman–Crippen MR) is 56.3 cm³/mol. The van der Waals surface area contributed by atoms with Gasteiger partial charge in [0.25, 0.3) is 0 Å². The lowest BCUT2D eigenvalue weighted by molar-refractivity contribution is -0.122. The van der Waals surface area contributed by atoms with Crippen LogP contribution in [0.5, 0.6) is 0 Å². The minimum atomic E-state index is 0.184. The van der Waals surface area contributed by atoms with Crippen molar-refractivity contribution in [2.75, 3.05) is 0 Å². The maximum Gasteiger partial charge on any atom is 0.136 e. The van der Waals surface area contributed by atoms with Crippen molar-refractivity contribution in [1.82, 2.24) is 15.0 Å². The van der Waals surface area contributed by atoms with Crippen LogP contribution in [-0.4, -0.2) is 20.8 Å². The summed E-state index contributed by atoms with van der Waals surface area (Å²) in [6.07, 6.45) is 7.89. The number of rotatable bonds is 2. The molecule has 4 heteroatoms. The Morgan fingerprint density at radius 3 is 3.07 bits per heavy atom. The molecule has 1 fully saturated rings. The van der Waals surface area contributed by atoms with Gasteiger partial charge >= 0.3 is 0 Å². The number of aromatic nitrogens is 3. The highest BCUT2D eigenvalue weighted by Gasteiger charge is 2.21. The molecule has 0 bridgehead atoms. The summed E-state index contributed by atoms with van der Waals surface area (Å²) in [5.74, 6) is 0.599. The third-order valence-electron chi connectivity index (χ3n) is 3.04. The van der Waals surface area contributed by atoms with Crippen LogP contribution in [0.3, 0.4) is 0 Å². The Morgan fingerprint density at radius 2 is 2.33 bits per heavy atom. The molecule has 0 N–H and O–H groups in total. The van der Waals surface area contributed by atoms with Crippen LogP contribution in [0, 0.1) is 5.92 Å². The van der Waals surface area contributed by atoms with Crippen molar-refractivity contribution in [1.29, 1.82) is 0 Å². The number of ketones is 1. The quantitative estimate of drug-likeness (QED) is 0.690. The molecule has 1 atom stereocenters. The van der Waals surface area contributed by atoms with E-state index in [1.165, 1.54) is 12.8 Å². The first-order valence-corrected chi connectivity index (χ1v) is 5.63. The zero-order chi connectivity index (χ0) is 10.7. The number of nitrogens with zero attached hydrogens (tertiary/aromatic N) is 3. The second-order valence-electron chi connectivity index (χ2n) is 4.35. The minimum absolute atomic E-state index is 0.184. The third-order valence-corrected chi connectivity index (χ3v) is 3.04. The Balaban J connectivity index is 2.00. The SMILES string of the molecule is Cn1cc(CC2CCCCCC2=O)nn1. The van der Waals surface area contributed by atoms with Crippen molar-refractivity contribution in [2.45, 2.75) is 38.5 Å². The van der Waals surface area contributed by atoms with E-state index in [2.05, 4.69) is 10.3 Å². The highest BCUT2D eigenvalue weighted by atomic mass is 16.1. The molecule has 1 heterocycles. The fourth-order valence-electron chi connectivity index (χ4n) is 2.19. The number of carbonyl (C=O) groups is 1. The summed E-state index contributed by atoms with van der Waals surface area (Å²) in [4.78, 5) is 11.8. The van der Waals surface area contributed by atoms with Crippen molar-refractivity contribution in [3.63, 3.8) is 0 Å². The average Bonchev–Trinajstić information content (AvgIpc) is 2.50. The third kappa shape index (κ3) is 2.64. The number of aryl methyl sites for hydroxylation is 1. The highest BCUT2D eigenvalue weighted by molar-refractivity contribution is 5.81. The van der Waals surface area contributed by atoms with E-state index in [9.17, 15) is 4.79 Å². The minimum Gasteiger partial charge on any atom is -0.299 e. The van der Waals surface area contributed by atoms with Crippen LogP contribution in [-0.2, 0) is 18.3 Å². The molecule has 1 aliphatic rings. The first-order valence-electron chi connectivity index (χ1n) is 5.63. The molecule has 2 rings (SSSR count). The molecule has 1 aliphatic carbocycles. The van der Waals surface area contributed by atoms with Gasteiger partial charge in [-0.1, -0.05) is 18.1 Å². The monoisotopic (exact) mass is 207 g/mol. The first-order chi connectivity index (χ1) is 7.25. The molecule has 1 aromatic heterocycles. The summed E-state index contributed by atoms with van der Waals surface area (Å²) in [5.41, 5.74) is 0.942. The molecule has 0 saturated heterocycles. The molecule has 1 unspecified atom stereocenters. The van der Waals surface area contributed by atoms with Crippen LogP contribution >= 0.6 is 0 Å². The lowest BCUT2D eigenvalue weighted by Gasteiger charge is -2.09. The topological polar surface area (TPSA) is 47.8 Å². The number of carbonyl (C=O) groups excluding carboxylic acids is 1. The van der Waals surface area contributed by atoms with E-state index in [1.54, 1.807) is 4.68 Å². The molecular formula is C11H17N3O. The maximum absolute atomic E-state index is 11.8. The Kier molecular flexibility index (Phi) is 3.14. The van der Waals surface area contributed by atoms with Crippen molar-refractivity contribution in [3.8, 4) is 0 Å². The van der Waals surface area contributed by atoms with Crippen LogP contribution in [0.15, 0.2) is 6.20 Å². The molecule has 4 nitrogen and oxygen atoms in total. The van der Waals surface area contributed by atoms with E-state index in [4.69, 9.17) is 0 Å². The van der Waals surface area contributed by atoms with E-state index < -0.39 is 0 Å².